The number of halogens is 3. The van der Waals surface area contributed by atoms with Crippen LogP contribution < -0.4 is 5.32 Å². The van der Waals surface area contributed by atoms with Crippen LogP contribution in [0.4, 0.5) is 19.3 Å². The van der Waals surface area contributed by atoms with Crippen molar-refractivity contribution in [1.29, 1.82) is 0 Å². The van der Waals surface area contributed by atoms with E-state index < -0.39 is 23.6 Å². The van der Waals surface area contributed by atoms with E-state index in [1.165, 1.54) is 4.90 Å². The zero-order valence-electron chi connectivity index (χ0n) is 11.5. The number of nitrogens with one attached hydrogen (secondary N) is 1. The van der Waals surface area contributed by atoms with Gasteiger partial charge in [-0.05, 0) is 35.8 Å². The number of urea groups is 1. The lowest BCUT2D eigenvalue weighted by Crippen LogP contribution is -2.41. The van der Waals surface area contributed by atoms with Gasteiger partial charge in [0.15, 0.2) is 5.82 Å². The first-order valence-electron chi connectivity index (χ1n) is 6.16. The van der Waals surface area contributed by atoms with Gasteiger partial charge in [0.1, 0.15) is 5.82 Å². The minimum absolute atomic E-state index is 0.0146. The highest BCUT2D eigenvalue weighted by Crippen LogP contribution is 2.27. The molecule has 0 aliphatic carbocycles. The third kappa shape index (κ3) is 4.96. The molecule has 2 N–H and O–H groups in total. The summed E-state index contributed by atoms with van der Waals surface area (Å²) in [7, 11) is 0. The second-order valence-electron chi connectivity index (χ2n) is 4.61. The van der Waals surface area contributed by atoms with E-state index in [1.54, 1.807) is 13.8 Å². The first-order chi connectivity index (χ1) is 9.72. The van der Waals surface area contributed by atoms with Gasteiger partial charge in [-0.2, -0.15) is 0 Å². The Labute approximate surface area is 129 Å². The van der Waals surface area contributed by atoms with Gasteiger partial charge in [0, 0.05) is 23.1 Å². The van der Waals surface area contributed by atoms with Gasteiger partial charge in [-0.3, -0.25) is 4.79 Å². The molecular formula is C13H15BrF2N2O3. The zero-order chi connectivity index (χ0) is 16.2. The molecule has 0 unspecified atom stereocenters. The lowest BCUT2D eigenvalue weighted by molar-refractivity contribution is -0.137. The van der Waals surface area contributed by atoms with E-state index >= 15 is 0 Å². The van der Waals surface area contributed by atoms with Crippen LogP contribution in [0.2, 0.25) is 0 Å². The molecule has 0 saturated heterocycles. The molecule has 0 fully saturated rings. The first kappa shape index (κ1) is 17.4. The maximum atomic E-state index is 13.7. The predicted molar refractivity (Wildman–Crippen MR) is 77.2 cm³/mol. The van der Waals surface area contributed by atoms with Crippen LogP contribution in [-0.4, -0.2) is 34.6 Å². The van der Waals surface area contributed by atoms with Crippen LogP contribution in [0.1, 0.15) is 20.3 Å². The number of rotatable bonds is 5. The van der Waals surface area contributed by atoms with Gasteiger partial charge in [0.2, 0.25) is 0 Å². The highest BCUT2D eigenvalue weighted by atomic mass is 79.9. The Hall–Kier alpha value is -1.70. The number of benzene rings is 1. The van der Waals surface area contributed by atoms with Gasteiger partial charge in [0.05, 0.1) is 12.1 Å². The zero-order valence-corrected chi connectivity index (χ0v) is 13.1. The maximum Gasteiger partial charge on any atom is 0.322 e. The van der Waals surface area contributed by atoms with Crippen molar-refractivity contribution in [3.63, 3.8) is 0 Å². The van der Waals surface area contributed by atoms with Gasteiger partial charge >= 0.3 is 12.0 Å². The molecule has 0 aliphatic rings. The third-order valence-corrected chi connectivity index (χ3v) is 3.32. The minimum atomic E-state index is -1.04. The van der Waals surface area contributed by atoms with E-state index in [-0.39, 0.29) is 29.2 Å². The highest BCUT2D eigenvalue weighted by molar-refractivity contribution is 9.10. The number of hydrogen-bond donors (Lipinski definition) is 2. The fourth-order valence-electron chi connectivity index (χ4n) is 1.65. The van der Waals surface area contributed by atoms with Crippen molar-refractivity contribution in [1.82, 2.24) is 4.90 Å². The Morgan fingerprint density at radius 1 is 1.38 bits per heavy atom. The minimum Gasteiger partial charge on any atom is -0.481 e. The van der Waals surface area contributed by atoms with Crippen LogP contribution in [0.5, 0.6) is 0 Å². The number of carboxylic acid groups (broad SMARTS) is 1. The molecule has 0 heterocycles. The third-order valence-electron chi connectivity index (χ3n) is 2.69. The smallest absolute Gasteiger partial charge is 0.322 e. The normalized spacial score (nSPS) is 10.6. The standard InChI is InChI=1S/C13H15BrF2N2O3/c1-7(2)18(4-3-11(19)20)13(21)17-12-9(14)5-8(15)6-10(12)16/h5-7H,3-4H2,1-2H3,(H,17,21)(H,19,20). The van der Waals surface area contributed by atoms with Crippen LogP contribution in [0.3, 0.4) is 0 Å². The fourth-order valence-corrected chi connectivity index (χ4v) is 2.16. The van der Waals surface area contributed by atoms with Crippen molar-refractivity contribution in [2.45, 2.75) is 26.3 Å². The second kappa shape index (κ2) is 7.35. The molecule has 8 heteroatoms. The summed E-state index contributed by atoms with van der Waals surface area (Å²) in [6, 6.07) is 0.747. The van der Waals surface area contributed by atoms with Gasteiger partial charge in [0.25, 0.3) is 0 Å². The lowest BCUT2D eigenvalue weighted by atomic mass is 10.2. The number of anilines is 1. The van der Waals surface area contributed by atoms with Crippen LogP contribution >= 0.6 is 15.9 Å². The summed E-state index contributed by atoms with van der Waals surface area (Å²) in [5, 5.41) is 11.0. The Morgan fingerprint density at radius 2 is 2.00 bits per heavy atom. The number of nitrogens with zero attached hydrogens (tertiary/aromatic N) is 1. The van der Waals surface area contributed by atoms with E-state index in [0.717, 1.165) is 6.07 Å². The average Bonchev–Trinajstić information content (AvgIpc) is 2.33. The summed E-state index contributed by atoms with van der Waals surface area (Å²) in [6.07, 6.45) is -0.224. The first-order valence-corrected chi connectivity index (χ1v) is 6.95. The van der Waals surface area contributed by atoms with Gasteiger partial charge < -0.3 is 15.3 Å². The van der Waals surface area contributed by atoms with Crippen LogP contribution in [0.25, 0.3) is 0 Å². The molecule has 0 aromatic heterocycles. The number of carbonyl (C=O) groups excluding carboxylic acids is 1. The highest BCUT2D eigenvalue weighted by Gasteiger charge is 2.20. The Bertz CT molecular complexity index is 529. The van der Waals surface area contributed by atoms with Crippen molar-refractivity contribution >= 4 is 33.6 Å². The molecule has 0 radical (unpaired) electrons. The van der Waals surface area contributed by atoms with Crippen LogP contribution in [0, 0.1) is 11.6 Å². The van der Waals surface area contributed by atoms with E-state index in [1.807, 2.05) is 0 Å². The van der Waals surface area contributed by atoms with E-state index in [9.17, 15) is 18.4 Å². The van der Waals surface area contributed by atoms with Crippen molar-refractivity contribution < 1.29 is 23.5 Å². The molecule has 1 aromatic carbocycles. The summed E-state index contributed by atoms with van der Waals surface area (Å²) in [6.45, 7) is 3.40. The maximum absolute atomic E-state index is 13.7. The van der Waals surface area contributed by atoms with Crippen molar-refractivity contribution in [2.75, 3.05) is 11.9 Å². The molecule has 0 aliphatic heterocycles. The van der Waals surface area contributed by atoms with Crippen molar-refractivity contribution in [3.8, 4) is 0 Å². The van der Waals surface area contributed by atoms with Gasteiger partial charge in [-0.15, -0.1) is 0 Å². The molecule has 0 bridgehead atoms. The monoisotopic (exact) mass is 364 g/mol. The molecule has 0 saturated carbocycles. The topological polar surface area (TPSA) is 69.6 Å². The predicted octanol–water partition coefficient (Wildman–Crippen LogP) is 3.44. The molecule has 1 rings (SSSR count). The quantitative estimate of drug-likeness (QED) is 0.840. The summed E-state index contributed by atoms with van der Waals surface area (Å²) < 4.78 is 26.7. The molecule has 0 atom stereocenters. The number of carbonyl (C=O) groups is 2. The van der Waals surface area contributed by atoms with Gasteiger partial charge in [-0.1, -0.05) is 0 Å². The fraction of sp³-hybridized carbons (Fsp3) is 0.385. The van der Waals surface area contributed by atoms with E-state index in [2.05, 4.69) is 21.2 Å². The average molecular weight is 365 g/mol. The number of carboxylic acids is 1. The van der Waals surface area contributed by atoms with Crippen LogP contribution in [0.15, 0.2) is 16.6 Å². The molecule has 1 aromatic rings. The second-order valence-corrected chi connectivity index (χ2v) is 5.46. The molecular weight excluding hydrogens is 350 g/mol. The number of amides is 2. The van der Waals surface area contributed by atoms with Crippen molar-refractivity contribution in [2.24, 2.45) is 0 Å². The van der Waals surface area contributed by atoms with Gasteiger partial charge in [-0.25, -0.2) is 13.6 Å². The molecule has 21 heavy (non-hydrogen) atoms. The summed E-state index contributed by atoms with van der Waals surface area (Å²) in [5.41, 5.74) is -0.192. The largest absolute Gasteiger partial charge is 0.481 e. The molecule has 0 spiro atoms. The molecule has 5 nitrogen and oxygen atoms in total. The Morgan fingerprint density at radius 3 is 2.48 bits per heavy atom. The lowest BCUT2D eigenvalue weighted by Gasteiger charge is -2.26. The number of hydrogen-bond acceptors (Lipinski definition) is 2. The van der Waals surface area contributed by atoms with Crippen molar-refractivity contribution in [3.05, 3.63) is 28.2 Å². The molecule has 2 amide bonds. The summed E-state index contributed by atoms with van der Waals surface area (Å²) in [5.74, 6) is -2.73. The van der Waals surface area contributed by atoms with Crippen LogP contribution in [-0.2, 0) is 4.79 Å². The number of aliphatic carboxylic acids is 1. The summed E-state index contributed by atoms with van der Waals surface area (Å²) >= 11 is 2.97. The SMILES string of the molecule is CC(C)N(CCC(=O)O)C(=O)Nc1c(F)cc(F)cc1Br. The summed E-state index contributed by atoms with van der Waals surface area (Å²) in [4.78, 5) is 23.9. The molecule has 116 valence electrons. The Kier molecular flexibility index (Phi) is 6.07. The van der Waals surface area contributed by atoms with E-state index in [0.29, 0.717) is 6.07 Å². The van der Waals surface area contributed by atoms with E-state index in [4.69, 9.17) is 5.11 Å². The Balaban J connectivity index is 2.89.